The zero-order chi connectivity index (χ0) is 15.8. The largest absolute Gasteiger partial charge is 0.493 e. The summed E-state index contributed by atoms with van der Waals surface area (Å²) in [6.07, 6.45) is -0.685. The van der Waals surface area contributed by atoms with E-state index < -0.39 is 6.10 Å². The van der Waals surface area contributed by atoms with E-state index in [4.69, 9.17) is 14.2 Å². The molecule has 1 unspecified atom stereocenters. The van der Waals surface area contributed by atoms with Gasteiger partial charge in [0.1, 0.15) is 12.7 Å². The zero-order valence-corrected chi connectivity index (χ0v) is 13.0. The Hall–Kier alpha value is -2.04. The third-order valence-electron chi connectivity index (χ3n) is 3.17. The smallest absolute Gasteiger partial charge is 0.161 e. The van der Waals surface area contributed by atoms with E-state index in [2.05, 4.69) is 0 Å². The summed E-state index contributed by atoms with van der Waals surface area (Å²) < 4.78 is 16.3. The number of hydrogen-bond donors (Lipinski definition) is 1. The maximum atomic E-state index is 9.92. The molecule has 118 valence electrons. The quantitative estimate of drug-likeness (QED) is 0.814. The highest BCUT2D eigenvalue weighted by atomic mass is 16.5. The molecule has 2 rings (SSSR count). The first kappa shape index (κ1) is 16.3. The molecule has 0 aliphatic heterocycles. The molecule has 1 atom stereocenters. The van der Waals surface area contributed by atoms with Gasteiger partial charge in [0.25, 0.3) is 0 Å². The molecule has 0 saturated carbocycles. The van der Waals surface area contributed by atoms with E-state index in [-0.39, 0.29) is 13.2 Å². The number of hydrogen-bond acceptors (Lipinski definition) is 4. The lowest BCUT2D eigenvalue weighted by Gasteiger charge is -2.15. The summed E-state index contributed by atoms with van der Waals surface area (Å²) in [6, 6.07) is 15.5. The molecule has 0 heterocycles. The van der Waals surface area contributed by atoms with Crippen LogP contribution in [-0.4, -0.2) is 31.5 Å². The van der Waals surface area contributed by atoms with Crippen molar-refractivity contribution in [2.75, 3.05) is 20.3 Å². The molecule has 22 heavy (non-hydrogen) atoms. The number of ether oxygens (including phenoxy) is 3. The average Bonchev–Trinajstić information content (AvgIpc) is 2.54. The highest BCUT2D eigenvalue weighted by molar-refractivity contribution is 5.42. The summed E-state index contributed by atoms with van der Waals surface area (Å²) in [7, 11) is 1.60. The minimum absolute atomic E-state index is 0.161. The summed E-state index contributed by atoms with van der Waals surface area (Å²) in [6.45, 7) is 2.85. The van der Waals surface area contributed by atoms with Crippen molar-refractivity contribution in [3.63, 3.8) is 0 Å². The zero-order valence-electron chi connectivity index (χ0n) is 13.0. The van der Waals surface area contributed by atoms with Gasteiger partial charge in [-0.2, -0.15) is 0 Å². The van der Waals surface area contributed by atoms with Crippen LogP contribution in [0.5, 0.6) is 11.5 Å². The Morgan fingerprint density at radius 2 is 1.77 bits per heavy atom. The lowest BCUT2D eigenvalue weighted by molar-refractivity contribution is 0.00508. The van der Waals surface area contributed by atoms with Crippen LogP contribution in [0.2, 0.25) is 0 Å². The van der Waals surface area contributed by atoms with E-state index >= 15 is 0 Å². The third-order valence-corrected chi connectivity index (χ3v) is 3.17. The van der Waals surface area contributed by atoms with Gasteiger partial charge in [-0.15, -0.1) is 0 Å². The van der Waals surface area contributed by atoms with Crippen molar-refractivity contribution >= 4 is 0 Å². The van der Waals surface area contributed by atoms with Gasteiger partial charge in [-0.05, 0) is 30.2 Å². The van der Waals surface area contributed by atoms with E-state index in [9.17, 15) is 5.11 Å². The molecular formula is C18H22O4. The Balaban J connectivity index is 1.74. The number of aliphatic hydroxyl groups is 1. The summed E-state index contributed by atoms with van der Waals surface area (Å²) in [5.41, 5.74) is 2.17. The van der Waals surface area contributed by atoms with Crippen LogP contribution in [0.15, 0.2) is 48.5 Å². The molecule has 0 radical (unpaired) electrons. The number of rotatable bonds is 8. The van der Waals surface area contributed by atoms with E-state index in [1.165, 1.54) is 0 Å². The molecule has 0 saturated heterocycles. The standard InChI is InChI=1S/C18H22O4/c1-14-8-9-17(18(10-14)20-2)22-13-16(19)12-21-11-15-6-4-3-5-7-15/h3-10,16,19H,11-13H2,1-2H3. The molecule has 0 bridgehead atoms. The van der Waals surface area contributed by atoms with E-state index in [1.54, 1.807) is 7.11 Å². The molecule has 0 amide bonds. The van der Waals surface area contributed by atoms with Gasteiger partial charge in [0.05, 0.1) is 20.3 Å². The molecule has 0 aliphatic rings. The van der Waals surface area contributed by atoms with Gasteiger partial charge in [0, 0.05) is 0 Å². The van der Waals surface area contributed by atoms with E-state index in [1.807, 2.05) is 55.5 Å². The number of aliphatic hydroxyl groups excluding tert-OH is 1. The van der Waals surface area contributed by atoms with Crippen molar-refractivity contribution in [3.05, 3.63) is 59.7 Å². The average molecular weight is 302 g/mol. The minimum Gasteiger partial charge on any atom is -0.493 e. The van der Waals surface area contributed by atoms with E-state index in [0.29, 0.717) is 18.1 Å². The Labute approximate surface area is 131 Å². The third kappa shape index (κ3) is 5.06. The second-order valence-corrected chi connectivity index (χ2v) is 5.12. The predicted molar refractivity (Wildman–Crippen MR) is 85.3 cm³/mol. The first-order chi connectivity index (χ1) is 10.7. The molecule has 2 aromatic carbocycles. The maximum absolute atomic E-state index is 9.92. The number of aryl methyl sites for hydroxylation is 1. The molecule has 0 aliphatic carbocycles. The molecule has 0 fully saturated rings. The van der Waals surface area contributed by atoms with Crippen LogP contribution < -0.4 is 9.47 Å². The first-order valence-electron chi connectivity index (χ1n) is 7.26. The van der Waals surface area contributed by atoms with Gasteiger partial charge >= 0.3 is 0 Å². The van der Waals surface area contributed by atoms with Crippen molar-refractivity contribution < 1.29 is 19.3 Å². The molecule has 4 nitrogen and oxygen atoms in total. The Kier molecular flexibility index (Phi) is 6.25. The van der Waals surface area contributed by atoms with Gasteiger partial charge in [-0.1, -0.05) is 36.4 Å². The van der Waals surface area contributed by atoms with Crippen molar-refractivity contribution in [2.24, 2.45) is 0 Å². The molecule has 2 aromatic rings. The Morgan fingerprint density at radius 1 is 1.00 bits per heavy atom. The second-order valence-electron chi connectivity index (χ2n) is 5.12. The second kappa shape index (κ2) is 8.41. The molecule has 1 N–H and O–H groups in total. The van der Waals surface area contributed by atoms with Crippen LogP contribution in [0.25, 0.3) is 0 Å². The van der Waals surface area contributed by atoms with Gasteiger partial charge < -0.3 is 19.3 Å². The molecular weight excluding hydrogens is 280 g/mol. The predicted octanol–water partition coefficient (Wildman–Crippen LogP) is 2.96. The fraction of sp³-hybridized carbons (Fsp3) is 0.333. The van der Waals surface area contributed by atoms with Crippen molar-refractivity contribution in [2.45, 2.75) is 19.6 Å². The first-order valence-corrected chi connectivity index (χ1v) is 7.26. The number of benzene rings is 2. The summed E-state index contributed by atoms with van der Waals surface area (Å²) in [4.78, 5) is 0. The topological polar surface area (TPSA) is 47.9 Å². The Morgan fingerprint density at radius 3 is 2.50 bits per heavy atom. The van der Waals surface area contributed by atoms with Crippen molar-refractivity contribution in [1.29, 1.82) is 0 Å². The van der Waals surface area contributed by atoms with Crippen LogP contribution in [0, 0.1) is 6.92 Å². The fourth-order valence-electron chi connectivity index (χ4n) is 2.02. The monoisotopic (exact) mass is 302 g/mol. The highest BCUT2D eigenvalue weighted by Crippen LogP contribution is 2.27. The van der Waals surface area contributed by atoms with Crippen LogP contribution in [0.4, 0.5) is 0 Å². The maximum Gasteiger partial charge on any atom is 0.161 e. The van der Waals surface area contributed by atoms with Gasteiger partial charge in [0.15, 0.2) is 11.5 Å². The summed E-state index contributed by atoms with van der Waals surface area (Å²) in [5, 5.41) is 9.92. The van der Waals surface area contributed by atoms with Crippen LogP contribution >= 0.6 is 0 Å². The van der Waals surface area contributed by atoms with Crippen LogP contribution in [0.1, 0.15) is 11.1 Å². The number of methoxy groups -OCH3 is 1. The van der Waals surface area contributed by atoms with Gasteiger partial charge in [0.2, 0.25) is 0 Å². The lowest BCUT2D eigenvalue weighted by atomic mass is 10.2. The SMILES string of the molecule is COc1cc(C)ccc1OCC(O)COCc1ccccc1. The molecule has 4 heteroatoms. The summed E-state index contributed by atoms with van der Waals surface area (Å²) >= 11 is 0. The highest BCUT2D eigenvalue weighted by Gasteiger charge is 2.09. The molecule has 0 spiro atoms. The lowest BCUT2D eigenvalue weighted by Crippen LogP contribution is -2.23. The fourth-order valence-corrected chi connectivity index (χ4v) is 2.02. The minimum atomic E-state index is -0.685. The van der Waals surface area contributed by atoms with Crippen LogP contribution in [0.3, 0.4) is 0 Å². The normalized spacial score (nSPS) is 12.0. The van der Waals surface area contributed by atoms with Crippen molar-refractivity contribution in [3.8, 4) is 11.5 Å². The van der Waals surface area contributed by atoms with Gasteiger partial charge in [-0.3, -0.25) is 0 Å². The van der Waals surface area contributed by atoms with Crippen molar-refractivity contribution in [1.82, 2.24) is 0 Å². The van der Waals surface area contributed by atoms with Gasteiger partial charge in [-0.25, -0.2) is 0 Å². The summed E-state index contributed by atoms with van der Waals surface area (Å²) in [5.74, 6) is 1.28. The Bertz CT molecular complexity index is 569. The molecule has 0 aromatic heterocycles. The van der Waals surface area contributed by atoms with Crippen LogP contribution in [-0.2, 0) is 11.3 Å². The van der Waals surface area contributed by atoms with E-state index in [0.717, 1.165) is 11.1 Å².